The lowest BCUT2D eigenvalue weighted by atomic mass is 9.88. The molecule has 16 aromatic carbocycles. The summed E-state index contributed by atoms with van der Waals surface area (Å²) in [6.45, 7) is 0. The molecule has 0 radical (unpaired) electrons. The highest BCUT2D eigenvalue weighted by atomic mass is 16.3. The van der Waals surface area contributed by atoms with E-state index >= 15 is 0 Å². The zero-order valence-electron chi connectivity index (χ0n) is 39.5. The van der Waals surface area contributed by atoms with Gasteiger partial charge in [0.25, 0.3) is 0 Å². The van der Waals surface area contributed by atoms with Crippen LogP contribution in [0.15, 0.2) is 247 Å². The number of furan rings is 1. The summed E-state index contributed by atoms with van der Waals surface area (Å²) in [5.74, 6) is 0. The minimum atomic E-state index is 0.889. The normalized spacial score (nSPS) is 12.4. The summed E-state index contributed by atoms with van der Waals surface area (Å²) >= 11 is 0. The molecule has 0 amide bonds. The standard InChI is InChI=1S/C72H40O/c1-3-11-45-41(9-1)17-21-53-51(45)23-25-57-55(53)27-33-63-59(57)29-31-61-47-13-5-7-15-49(47)65(39-67(61)63)43-19-35-71-69(37-43)70-38-44(20-36-72(70)73-71)66-40-68-62(48-14-6-8-16-50(48)66)32-30-60-58-26-24-52-46-12-4-2-10-42(46)18-22-54(52)56(58)28-34-64(60)68/h1-40H. The van der Waals surface area contributed by atoms with Crippen molar-refractivity contribution in [3.63, 3.8) is 0 Å². The van der Waals surface area contributed by atoms with Gasteiger partial charge in [0.2, 0.25) is 0 Å². The predicted octanol–water partition coefficient (Wildman–Crippen LogP) is 20.8. The molecule has 1 aromatic heterocycles. The van der Waals surface area contributed by atoms with Crippen LogP contribution in [0.2, 0.25) is 0 Å². The van der Waals surface area contributed by atoms with Crippen molar-refractivity contribution in [2.75, 3.05) is 0 Å². The van der Waals surface area contributed by atoms with Gasteiger partial charge in [-0.1, -0.05) is 206 Å². The Balaban J connectivity index is 0.844. The zero-order chi connectivity index (χ0) is 47.5. The van der Waals surface area contributed by atoms with Crippen LogP contribution >= 0.6 is 0 Å². The van der Waals surface area contributed by atoms with E-state index in [1.54, 1.807) is 0 Å². The molecular weight excluding hydrogens is 881 g/mol. The van der Waals surface area contributed by atoms with E-state index in [0.29, 0.717) is 0 Å². The Morgan fingerprint density at radius 2 is 0.425 bits per heavy atom. The fourth-order valence-electron chi connectivity index (χ4n) is 13.2. The van der Waals surface area contributed by atoms with E-state index in [1.165, 1.54) is 152 Å². The molecule has 0 aliphatic rings. The first kappa shape index (κ1) is 39.2. The van der Waals surface area contributed by atoms with E-state index in [9.17, 15) is 0 Å². The summed E-state index contributed by atoms with van der Waals surface area (Å²) in [6, 6.07) is 90.8. The van der Waals surface area contributed by atoms with Crippen LogP contribution in [0.3, 0.4) is 0 Å². The molecule has 0 spiro atoms. The Labute approximate surface area is 418 Å². The number of hydrogen-bond donors (Lipinski definition) is 0. The number of benzene rings is 16. The summed E-state index contributed by atoms with van der Waals surface area (Å²) in [5, 5.41) is 32.8. The molecule has 0 N–H and O–H groups in total. The lowest BCUT2D eigenvalue weighted by Crippen LogP contribution is -1.88. The maximum absolute atomic E-state index is 6.66. The Hall–Kier alpha value is -9.56. The number of hydrogen-bond acceptors (Lipinski definition) is 1. The van der Waals surface area contributed by atoms with Gasteiger partial charge in [-0.2, -0.15) is 0 Å². The molecule has 0 unspecified atom stereocenters. The molecule has 0 aliphatic heterocycles. The first-order valence-corrected chi connectivity index (χ1v) is 25.4. The van der Waals surface area contributed by atoms with Crippen molar-refractivity contribution in [1.82, 2.24) is 0 Å². The minimum absolute atomic E-state index is 0.889. The molecule has 0 saturated heterocycles. The highest BCUT2D eigenvalue weighted by Crippen LogP contribution is 2.45. The first-order valence-electron chi connectivity index (χ1n) is 25.4. The topological polar surface area (TPSA) is 13.1 Å². The molecule has 0 saturated carbocycles. The van der Waals surface area contributed by atoms with Crippen LogP contribution in [-0.2, 0) is 0 Å². The van der Waals surface area contributed by atoms with Gasteiger partial charge in [-0.05, 0) is 188 Å². The van der Waals surface area contributed by atoms with Crippen molar-refractivity contribution in [3.8, 4) is 22.3 Å². The van der Waals surface area contributed by atoms with Gasteiger partial charge in [-0.15, -0.1) is 0 Å². The van der Waals surface area contributed by atoms with Gasteiger partial charge in [-0.25, -0.2) is 0 Å². The third kappa shape index (κ3) is 5.46. The summed E-state index contributed by atoms with van der Waals surface area (Å²) in [7, 11) is 0. The third-order valence-corrected chi connectivity index (χ3v) is 16.6. The van der Waals surface area contributed by atoms with Crippen LogP contribution < -0.4 is 0 Å². The van der Waals surface area contributed by atoms with Crippen molar-refractivity contribution in [1.29, 1.82) is 0 Å². The molecular formula is C72H40O. The second kappa shape index (κ2) is 14.5. The van der Waals surface area contributed by atoms with E-state index in [2.05, 4.69) is 243 Å². The summed E-state index contributed by atoms with van der Waals surface area (Å²) in [4.78, 5) is 0. The highest BCUT2D eigenvalue weighted by molar-refractivity contribution is 6.30. The molecule has 17 rings (SSSR count). The van der Waals surface area contributed by atoms with Gasteiger partial charge >= 0.3 is 0 Å². The molecule has 1 nitrogen and oxygen atoms in total. The molecule has 1 heteroatoms. The summed E-state index contributed by atoms with van der Waals surface area (Å²) in [5.41, 5.74) is 6.55. The third-order valence-electron chi connectivity index (χ3n) is 16.6. The molecule has 0 fully saturated rings. The van der Waals surface area contributed by atoms with Crippen molar-refractivity contribution >= 4 is 151 Å². The van der Waals surface area contributed by atoms with Gasteiger partial charge in [0, 0.05) is 10.8 Å². The maximum atomic E-state index is 6.66. The van der Waals surface area contributed by atoms with Crippen molar-refractivity contribution in [2.45, 2.75) is 0 Å². The summed E-state index contributed by atoms with van der Waals surface area (Å²) < 4.78 is 6.66. The average molecular weight is 921 g/mol. The SMILES string of the molecule is c1ccc2c(c1)ccc1c2ccc2c1ccc1c3cc(-c4ccc5oc6ccc(-c7cc8c(ccc9c8ccc8c%10ccc%11ccccc%11c%10ccc89)c8ccccc78)cc6c5c4)c4ccccc4c3ccc12. The van der Waals surface area contributed by atoms with E-state index in [4.69, 9.17) is 4.42 Å². The van der Waals surface area contributed by atoms with Crippen molar-refractivity contribution in [2.24, 2.45) is 0 Å². The van der Waals surface area contributed by atoms with Crippen LogP contribution in [0.5, 0.6) is 0 Å². The molecule has 73 heavy (non-hydrogen) atoms. The quantitative estimate of drug-likeness (QED) is 0.158. The van der Waals surface area contributed by atoms with E-state index in [1.807, 2.05) is 0 Å². The van der Waals surface area contributed by atoms with Gasteiger partial charge in [0.15, 0.2) is 0 Å². The number of fused-ring (bicyclic) bond motifs is 25. The zero-order valence-corrected chi connectivity index (χ0v) is 39.5. The Kier molecular flexibility index (Phi) is 7.79. The first-order chi connectivity index (χ1) is 36.2. The van der Waals surface area contributed by atoms with Crippen molar-refractivity contribution < 1.29 is 4.42 Å². The van der Waals surface area contributed by atoms with Gasteiger partial charge in [0.05, 0.1) is 0 Å². The van der Waals surface area contributed by atoms with Crippen LogP contribution in [0.1, 0.15) is 0 Å². The molecule has 17 aromatic rings. The largest absolute Gasteiger partial charge is 0.456 e. The molecule has 0 aliphatic carbocycles. The Morgan fingerprint density at radius 3 is 0.781 bits per heavy atom. The molecule has 334 valence electrons. The monoisotopic (exact) mass is 920 g/mol. The second-order valence-electron chi connectivity index (χ2n) is 20.2. The predicted molar refractivity (Wildman–Crippen MR) is 315 cm³/mol. The summed E-state index contributed by atoms with van der Waals surface area (Å²) in [6.07, 6.45) is 0. The minimum Gasteiger partial charge on any atom is -0.456 e. The van der Waals surface area contributed by atoms with Crippen LogP contribution in [0.25, 0.3) is 173 Å². The smallest absolute Gasteiger partial charge is 0.135 e. The fraction of sp³-hybridized carbons (Fsp3) is 0. The molecule has 1 heterocycles. The second-order valence-corrected chi connectivity index (χ2v) is 20.2. The fourth-order valence-corrected chi connectivity index (χ4v) is 13.2. The molecule has 0 atom stereocenters. The Morgan fingerprint density at radius 1 is 0.164 bits per heavy atom. The van der Waals surface area contributed by atoms with E-state index < -0.39 is 0 Å². The van der Waals surface area contributed by atoms with E-state index in [-0.39, 0.29) is 0 Å². The van der Waals surface area contributed by atoms with Gasteiger partial charge < -0.3 is 4.42 Å². The maximum Gasteiger partial charge on any atom is 0.135 e. The van der Waals surface area contributed by atoms with Gasteiger partial charge in [0.1, 0.15) is 11.2 Å². The van der Waals surface area contributed by atoms with Gasteiger partial charge in [-0.3, -0.25) is 0 Å². The molecule has 0 bridgehead atoms. The van der Waals surface area contributed by atoms with Crippen LogP contribution in [0.4, 0.5) is 0 Å². The lowest BCUT2D eigenvalue weighted by Gasteiger charge is -2.15. The number of rotatable bonds is 2. The van der Waals surface area contributed by atoms with E-state index in [0.717, 1.165) is 21.9 Å². The van der Waals surface area contributed by atoms with Crippen molar-refractivity contribution in [3.05, 3.63) is 243 Å². The Bertz CT molecular complexity index is 4990. The highest BCUT2D eigenvalue weighted by Gasteiger charge is 2.18. The van der Waals surface area contributed by atoms with Crippen LogP contribution in [-0.4, -0.2) is 0 Å². The lowest BCUT2D eigenvalue weighted by molar-refractivity contribution is 0.669. The van der Waals surface area contributed by atoms with Crippen LogP contribution in [0, 0.1) is 0 Å². The average Bonchev–Trinajstić information content (AvgIpc) is 3.83.